The predicted octanol–water partition coefficient (Wildman–Crippen LogP) is 0.0727. The number of amides is 2. The highest BCUT2D eigenvalue weighted by molar-refractivity contribution is 7.89. The minimum absolute atomic E-state index is 0.163. The van der Waals surface area contributed by atoms with Crippen molar-refractivity contribution in [3.8, 4) is 0 Å². The first-order valence-electron chi connectivity index (χ1n) is 8.04. The maximum Gasteiger partial charge on any atom is 0.242 e. The van der Waals surface area contributed by atoms with Gasteiger partial charge in [0, 0.05) is 26.3 Å². The Morgan fingerprint density at radius 3 is 2.48 bits per heavy atom. The van der Waals surface area contributed by atoms with E-state index in [1.807, 2.05) is 4.90 Å². The third-order valence-electron chi connectivity index (χ3n) is 4.19. The average Bonchev–Trinajstić information content (AvgIpc) is 2.55. The molecule has 0 aliphatic carbocycles. The van der Waals surface area contributed by atoms with Gasteiger partial charge in [-0.2, -0.15) is 0 Å². The van der Waals surface area contributed by atoms with Gasteiger partial charge in [-0.15, -0.1) is 0 Å². The van der Waals surface area contributed by atoms with E-state index in [4.69, 9.17) is 5.73 Å². The van der Waals surface area contributed by atoms with Crippen molar-refractivity contribution in [3.63, 3.8) is 0 Å². The quantitative estimate of drug-likeness (QED) is 0.738. The van der Waals surface area contributed by atoms with Crippen LogP contribution in [0.4, 0.5) is 5.69 Å². The van der Waals surface area contributed by atoms with Gasteiger partial charge in [0.05, 0.1) is 17.4 Å². The minimum atomic E-state index is -3.49. The van der Waals surface area contributed by atoms with Gasteiger partial charge >= 0.3 is 0 Å². The molecule has 0 unspecified atom stereocenters. The second-order valence-corrected chi connectivity index (χ2v) is 8.49. The van der Waals surface area contributed by atoms with E-state index in [9.17, 15) is 18.0 Å². The summed E-state index contributed by atoms with van der Waals surface area (Å²) in [6.45, 7) is 1.40. The number of hydrogen-bond donors (Lipinski definition) is 2. The van der Waals surface area contributed by atoms with E-state index in [-0.39, 0.29) is 29.2 Å². The van der Waals surface area contributed by atoms with Crippen LogP contribution >= 0.6 is 0 Å². The lowest BCUT2D eigenvalue weighted by Crippen LogP contribution is -2.44. The Labute approximate surface area is 148 Å². The molecule has 1 heterocycles. The Hall–Kier alpha value is -1.97. The number of sulfonamides is 1. The topological polar surface area (TPSA) is 113 Å². The first kappa shape index (κ1) is 19.4. The van der Waals surface area contributed by atoms with Crippen LogP contribution in [0.1, 0.15) is 12.8 Å². The Bertz CT molecular complexity index is 731. The lowest BCUT2D eigenvalue weighted by Gasteiger charge is -2.30. The number of likely N-dealkylation sites (tertiary alicyclic amines) is 1. The highest BCUT2D eigenvalue weighted by Crippen LogP contribution is 2.18. The van der Waals surface area contributed by atoms with Gasteiger partial charge in [-0.25, -0.2) is 12.7 Å². The summed E-state index contributed by atoms with van der Waals surface area (Å²) in [5.74, 6) is -0.756. The van der Waals surface area contributed by atoms with Crippen molar-refractivity contribution >= 4 is 27.5 Å². The van der Waals surface area contributed by atoms with Crippen LogP contribution in [0.2, 0.25) is 0 Å². The molecular weight excluding hydrogens is 344 g/mol. The minimum Gasteiger partial charge on any atom is -0.369 e. The summed E-state index contributed by atoms with van der Waals surface area (Å²) < 4.78 is 25.1. The van der Waals surface area contributed by atoms with Crippen LogP contribution in [-0.4, -0.2) is 63.2 Å². The van der Waals surface area contributed by atoms with E-state index in [1.54, 1.807) is 12.1 Å². The molecule has 0 aromatic heterocycles. The molecular formula is C16H24N4O4S. The van der Waals surface area contributed by atoms with Crippen molar-refractivity contribution in [1.29, 1.82) is 0 Å². The van der Waals surface area contributed by atoms with Gasteiger partial charge in [0.25, 0.3) is 0 Å². The van der Waals surface area contributed by atoms with Gasteiger partial charge in [0.15, 0.2) is 0 Å². The second-order valence-electron chi connectivity index (χ2n) is 6.34. The molecule has 3 N–H and O–H groups in total. The van der Waals surface area contributed by atoms with Gasteiger partial charge in [0.1, 0.15) is 0 Å². The molecule has 1 atom stereocenters. The van der Waals surface area contributed by atoms with Gasteiger partial charge < -0.3 is 11.1 Å². The number of benzene rings is 1. The van der Waals surface area contributed by atoms with Crippen molar-refractivity contribution in [2.75, 3.05) is 39.0 Å². The Morgan fingerprint density at radius 1 is 1.28 bits per heavy atom. The molecule has 9 heteroatoms. The Kier molecular flexibility index (Phi) is 6.15. The molecule has 25 heavy (non-hydrogen) atoms. The monoisotopic (exact) mass is 368 g/mol. The van der Waals surface area contributed by atoms with Crippen LogP contribution in [0.15, 0.2) is 29.2 Å². The van der Waals surface area contributed by atoms with Gasteiger partial charge in [-0.1, -0.05) is 0 Å². The fraction of sp³-hybridized carbons (Fsp3) is 0.500. The molecule has 0 bridgehead atoms. The van der Waals surface area contributed by atoms with E-state index >= 15 is 0 Å². The molecule has 2 amide bonds. The summed E-state index contributed by atoms with van der Waals surface area (Å²) in [4.78, 5) is 25.5. The molecule has 138 valence electrons. The van der Waals surface area contributed by atoms with Crippen LogP contribution in [0.25, 0.3) is 0 Å². The molecule has 1 aromatic carbocycles. The van der Waals surface area contributed by atoms with E-state index in [2.05, 4.69) is 5.32 Å². The summed E-state index contributed by atoms with van der Waals surface area (Å²) in [5, 5.41) is 2.74. The molecule has 8 nitrogen and oxygen atoms in total. The number of anilines is 1. The highest BCUT2D eigenvalue weighted by Gasteiger charge is 2.25. The van der Waals surface area contributed by atoms with Crippen LogP contribution in [-0.2, 0) is 19.6 Å². The smallest absolute Gasteiger partial charge is 0.242 e. The maximum absolute atomic E-state index is 12.2. The number of carbonyl (C=O) groups is 2. The molecule has 0 saturated carbocycles. The fourth-order valence-corrected chi connectivity index (χ4v) is 3.66. The summed E-state index contributed by atoms with van der Waals surface area (Å²) in [6.07, 6.45) is 1.59. The Morgan fingerprint density at radius 2 is 1.92 bits per heavy atom. The number of carbonyl (C=O) groups excluding carboxylic acids is 2. The van der Waals surface area contributed by atoms with Crippen LogP contribution in [0, 0.1) is 5.92 Å². The number of nitrogens with one attached hydrogen (secondary N) is 1. The largest absolute Gasteiger partial charge is 0.369 e. The molecule has 2 rings (SSSR count). The Balaban J connectivity index is 1.94. The predicted molar refractivity (Wildman–Crippen MR) is 94.3 cm³/mol. The zero-order valence-corrected chi connectivity index (χ0v) is 15.3. The molecule has 1 saturated heterocycles. The van der Waals surface area contributed by atoms with Crippen LogP contribution in [0.3, 0.4) is 0 Å². The normalized spacial score (nSPS) is 18.9. The lowest BCUT2D eigenvalue weighted by molar-refractivity contribution is -0.125. The average molecular weight is 368 g/mol. The van der Waals surface area contributed by atoms with E-state index in [0.717, 1.165) is 23.7 Å². The van der Waals surface area contributed by atoms with Crippen LogP contribution < -0.4 is 11.1 Å². The standard InChI is InChI=1S/C16H24N4O4S/c1-19(2)25(23,24)14-7-5-13(6-8-14)18-15(21)11-20-9-3-4-12(10-20)16(17)22/h5-8,12H,3-4,9-11H2,1-2H3,(H2,17,22)(H,18,21)/t12-/m1/s1. The summed E-state index contributed by atoms with van der Waals surface area (Å²) in [6, 6.07) is 6.01. The van der Waals surface area contributed by atoms with E-state index in [0.29, 0.717) is 12.2 Å². The van der Waals surface area contributed by atoms with Crippen molar-refractivity contribution in [2.24, 2.45) is 11.7 Å². The highest BCUT2D eigenvalue weighted by atomic mass is 32.2. The number of primary amides is 1. The molecule has 1 aromatic rings. The van der Waals surface area contributed by atoms with Crippen molar-refractivity contribution in [2.45, 2.75) is 17.7 Å². The van der Waals surface area contributed by atoms with Gasteiger partial charge in [0.2, 0.25) is 21.8 Å². The van der Waals surface area contributed by atoms with E-state index in [1.165, 1.54) is 26.2 Å². The fourth-order valence-electron chi connectivity index (χ4n) is 2.76. The van der Waals surface area contributed by atoms with Gasteiger partial charge in [-0.3, -0.25) is 14.5 Å². The summed E-state index contributed by atoms with van der Waals surface area (Å²) in [7, 11) is -0.568. The van der Waals surface area contributed by atoms with Gasteiger partial charge in [-0.05, 0) is 43.7 Å². The second kappa shape index (κ2) is 7.94. The molecule has 1 aliphatic heterocycles. The number of hydrogen-bond acceptors (Lipinski definition) is 5. The zero-order chi connectivity index (χ0) is 18.6. The van der Waals surface area contributed by atoms with Crippen molar-refractivity contribution < 1.29 is 18.0 Å². The van der Waals surface area contributed by atoms with E-state index < -0.39 is 10.0 Å². The molecule has 1 fully saturated rings. The maximum atomic E-state index is 12.2. The number of rotatable bonds is 6. The SMILES string of the molecule is CN(C)S(=O)(=O)c1ccc(NC(=O)CN2CCC[C@@H](C(N)=O)C2)cc1. The lowest BCUT2D eigenvalue weighted by atomic mass is 9.97. The molecule has 0 radical (unpaired) electrons. The molecule has 1 aliphatic rings. The number of nitrogens with two attached hydrogens (primary N) is 1. The summed E-state index contributed by atoms with van der Waals surface area (Å²) in [5.41, 5.74) is 5.86. The third kappa shape index (κ3) is 5.00. The van der Waals surface area contributed by atoms with Crippen molar-refractivity contribution in [3.05, 3.63) is 24.3 Å². The number of nitrogens with zero attached hydrogens (tertiary/aromatic N) is 2. The molecule has 0 spiro atoms. The van der Waals surface area contributed by atoms with Crippen molar-refractivity contribution in [1.82, 2.24) is 9.21 Å². The first-order valence-corrected chi connectivity index (χ1v) is 9.48. The van der Waals surface area contributed by atoms with Crippen LogP contribution in [0.5, 0.6) is 0 Å². The zero-order valence-electron chi connectivity index (χ0n) is 14.4. The summed E-state index contributed by atoms with van der Waals surface area (Å²) >= 11 is 0. The first-order chi connectivity index (χ1) is 11.7. The number of piperidine rings is 1. The third-order valence-corrected chi connectivity index (χ3v) is 6.02.